The van der Waals surface area contributed by atoms with Crippen LogP contribution in [0.5, 0.6) is 0 Å². The monoisotopic (exact) mass is 408 g/mol. The third kappa shape index (κ3) is 3.53. The zero-order valence-electron chi connectivity index (χ0n) is 11.2. The molecule has 0 spiro atoms. The van der Waals surface area contributed by atoms with Crippen LogP contribution in [0.2, 0.25) is 5.02 Å². The molecule has 2 aromatic rings. The summed E-state index contributed by atoms with van der Waals surface area (Å²) in [6.07, 6.45) is 0.698. The van der Waals surface area contributed by atoms with Gasteiger partial charge in [-0.15, -0.1) is 11.3 Å². The molecule has 21 heavy (non-hydrogen) atoms. The third-order valence-electron chi connectivity index (χ3n) is 2.77. The predicted octanol–water partition coefficient (Wildman–Crippen LogP) is 4.35. The number of halogens is 2. The van der Waals surface area contributed by atoms with E-state index in [0.717, 1.165) is 11.3 Å². The van der Waals surface area contributed by atoms with Crippen molar-refractivity contribution in [2.45, 2.75) is 17.6 Å². The quantitative estimate of drug-likeness (QED) is 0.747. The van der Waals surface area contributed by atoms with E-state index in [-0.39, 0.29) is 4.21 Å². The fourth-order valence-electron chi connectivity index (χ4n) is 1.79. The lowest BCUT2D eigenvalue weighted by molar-refractivity contribution is 0.592. The van der Waals surface area contributed by atoms with Crippen LogP contribution in [0.25, 0.3) is 0 Å². The average molecular weight is 410 g/mol. The van der Waals surface area contributed by atoms with Crippen LogP contribution in [0.3, 0.4) is 0 Å². The summed E-state index contributed by atoms with van der Waals surface area (Å²) >= 11 is 10.3. The van der Waals surface area contributed by atoms with Crippen LogP contribution in [0.4, 0.5) is 11.4 Å². The number of anilines is 2. The van der Waals surface area contributed by atoms with Crippen LogP contribution in [-0.2, 0) is 10.0 Å². The second kappa shape index (κ2) is 6.56. The normalized spacial score (nSPS) is 11.6. The third-order valence-corrected chi connectivity index (χ3v) is 7.53. The van der Waals surface area contributed by atoms with Crippen molar-refractivity contribution in [3.05, 3.63) is 39.1 Å². The van der Waals surface area contributed by atoms with Crippen molar-refractivity contribution in [3.63, 3.8) is 0 Å². The maximum atomic E-state index is 12.8. The lowest BCUT2D eigenvalue weighted by atomic mass is 10.3. The van der Waals surface area contributed by atoms with Crippen LogP contribution in [-0.4, -0.2) is 15.0 Å². The Kier molecular flexibility index (Phi) is 5.19. The van der Waals surface area contributed by atoms with Gasteiger partial charge in [0.25, 0.3) is 10.0 Å². The molecule has 0 fully saturated rings. The molecule has 1 aromatic heterocycles. The molecule has 0 saturated carbocycles. The number of thiophene rings is 1. The van der Waals surface area contributed by atoms with Crippen molar-refractivity contribution in [2.75, 3.05) is 16.6 Å². The molecule has 2 rings (SSSR count). The van der Waals surface area contributed by atoms with Gasteiger partial charge in [-0.2, -0.15) is 0 Å². The molecule has 0 saturated heterocycles. The lowest BCUT2D eigenvalue weighted by Crippen LogP contribution is -2.31. The maximum Gasteiger partial charge on any atom is 0.273 e. The fourth-order valence-corrected chi connectivity index (χ4v) is 5.86. The number of benzene rings is 1. The molecule has 1 heterocycles. The first-order chi connectivity index (χ1) is 9.86. The Bertz CT molecular complexity index is 710. The second-order valence-corrected chi connectivity index (χ2v) is 9.22. The predicted molar refractivity (Wildman–Crippen MR) is 92.7 cm³/mol. The number of rotatable bonds is 5. The summed E-state index contributed by atoms with van der Waals surface area (Å²) in [5.74, 6) is 0. The number of hydrogen-bond acceptors (Lipinski definition) is 4. The van der Waals surface area contributed by atoms with Crippen LogP contribution >= 0.6 is 38.9 Å². The van der Waals surface area contributed by atoms with E-state index >= 15 is 0 Å². The highest BCUT2D eigenvalue weighted by Gasteiger charge is 2.27. The molecule has 0 unspecified atom stereocenters. The maximum absolute atomic E-state index is 12.8. The highest BCUT2D eigenvalue weighted by atomic mass is 79.9. The van der Waals surface area contributed by atoms with Gasteiger partial charge in [0.1, 0.15) is 4.21 Å². The van der Waals surface area contributed by atoms with E-state index in [1.807, 2.05) is 6.92 Å². The Hall–Kier alpha value is -0.760. The van der Waals surface area contributed by atoms with Crippen LogP contribution < -0.4 is 10.0 Å². The molecule has 0 atom stereocenters. The van der Waals surface area contributed by atoms with E-state index in [4.69, 9.17) is 17.3 Å². The van der Waals surface area contributed by atoms with Gasteiger partial charge in [0, 0.05) is 12.2 Å². The Morgan fingerprint density at radius 1 is 1.33 bits per heavy atom. The number of nitrogens with two attached hydrogens (primary N) is 1. The summed E-state index contributed by atoms with van der Waals surface area (Å²) in [5.41, 5.74) is 6.84. The standard InChI is InChI=1S/C13H14BrClN2O2S2/c1-2-7-17(10-5-3-9(16)4-6-10)21(18,19)12-8-11(15)13(14)20-12/h3-6,8H,2,7,16H2,1H3. The first-order valence-corrected chi connectivity index (χ1v) is 9.62. The second-order valence-electron chi connectivity index (χ2n) is 4.36. The van der Waals surface area contributed by atoms with E-state index in [1.165, 1.54) is 10.4 Å². The van der Waals surface area contributed by atoms with E-state index in [9.17, 15) is 8.42 Å². The fraction of sp³-hybridized carbons (Fsp3) is 0.231. The average Bonchev–Trinajstić information content (AvgIpc) is 2.78. The lowest BCUT2D eigenvalue weighted by Gasteiger charge is -2.23. The molecule has 0 aliphatic carbocycles. The summed E-state index contributed by atoms with van der Waals surface area (Å²) in [7, 11) is -3.63. The van der Waals surface area contributed by atoms with Crippen molar-refractivity contribution < 1.29 is 8.42 Å². The molecular weight excluding hydrogens is 396 g/mol. The smallest absolute Gasteiger partial charge is 0.273 e. The minimum Gasteiger partial charge on any atom is -0.399 e. The van der Waals surface area contributed by atoms with Gasteiger partial charge in [0.2, 0.25) is 0 Å². The highest BCUT2D eigenvalue weighted by molar-refractivity contribution is 9.11. The van der Waals surface area contributed by atoms with E-state index in [2.05, 4.69) is 15.9 Å². The van der Waals surface area contributed by atoms with Gasteiger partial charge < -0.3 is 5.73 Å². The summed E-state index contributed by atoms with van der Waals surface area (Å²) in [6, 6.07) is 8.24. The first-order valence-electron chi connectivity index (χ1n) is 6.19. The molecule has 2 N–H and O–H groups in total. The Morgan fingerprint density at radius 2 is 1.95 bits per heavy atom. The molecule has 114 valence electrons. The number of nitrogens with zero attached hydrogens (tertiary/aromatic N) is 1. The molecule has 0 amide bonds. The van der Waals surface area contributed by atoms with Crippen molar-refractivity contribution in [1.29, 1.82) is 0 Å². The van der Waals surface area contributed by atoms with Crippen molar-refractivity contribution in [3.8, 4) is 0 Å². The molecular formula is C13H14BrClN2O2S2. The zero-order valence-corrected chi connectivity index (χ0v) is 15.2. The first kappa shape index (κ1) is 16.6. The molecule has 8 heteroatoms. The summed E-state index contributed by atoms with van der Waals surface area (Å²) in [5, 5.41) is 0.396. The van der Waals surface area contributed by atoms with Gasteiger partial charge in [-0.3, -0.25) is 4.31 Å². The largest absolute Gasteiger partial charge is 0.399 e. The van der Waals surface area contributed by atoms with Gasteiger partial charge in [0.05, 0.1) is 14.5 Å². The number of nitrogen functional groups attached to an aromatic ring is 1. The Balaban J connectivity index is 2.48. The molecule has 0 bridgehead atoms. The van der Waals surface area contributed by atoms with Crippen LogP contribution in [0.1, 0.15) is 13.3 Å². The van der Waals surface area contributed by atoms with Crippen LogP contribution in [0.15, 0.2) is 38.3 Å². The molecule has 1 aromatic carbocycles. The highest BCUT2D eigenvalue weighted by Crippen LogP contribution is 2.37. The molecule has 0 aliphatic heterocycles. The topological polar surface area (TPSA) is 63.4 Å². The number of hydrogen-bond donors (Lipinski definition) is 1. The van der Waals surface area contributed by atoms with Gasteiger partial charge >= 0.3 is 0 Å². The molecule has 0 aliphatic rings. The minimum absolute atomic E-state index is 0.213. The van der Waals surface area contributed by atoms with Crippen molar-refractivity contribution in [1.82, 2.24) is 0 Å². The minimum atomic E-state index is -3.63. The van der Waals surface area contributed by atoms with Gasteiger partial charge in [-0.25, -0.2) is 8.42 Å². The van der Waals surface area contributed by atoms with Crippen LogP contribution in [0, 0.1) is 0 Å². The summed E-state index contributed by atoms with van der Waals surface area (Å²) in [4.78, 5) is 0. The van der Waals surface area contributed by atoms with E-state index in [1.54, 1.807) is 24.3 Å². The van der Waals surface area contributed by atoms with Crippen molar-refractivity contribution >= 4 is 60.3 Å². The van der Waals surface area contributed by atoms with Gasteiger partial charge in [0.15, 0.2) is 0 Å². The zero-order chi connectivity index (χ0) is 15.6. The van der Waals surface area contributed by atoms with Crippen molar-refractivity contribution in [2.24, 2.45) is 0 Å². The van der Waals surface area contributed by atoms with Gasteiger partial charge in [-0.1, -0.05) is 18.5 Å². The number of sulfonamides is 1. The van der Waals surface area contributed by atoms with E-state index in [0.29, 0.717) is 33.1 Å². The molecule has 4 nitrogen and oxygen atoms in total. The summed E-state index contributed by atoms with van der Waals surface area (Å²) < 4.78 is 27.8. The SMILES string of the molecule is CCCN(c1ccc(N)cc1)S(=O)(=O)c1cc(Cl)c(Br)s1. The Labute approximate surface area is 141 Å². The van der Waals surface area contributed by atoms with E-state index < -0.39 is 10.0 Å². The molecule has 0 radical (unpaired) electrons. The van der Waals surface area contributed by atoms with Gasteiger partial charge in [-0.05, 0) is 52.7 Å². The Morgan fingerprint density at radius 3 is 2.43 bits per heavy atom. The summed E-state index contributed by atoms with van der Waals surface area (Å²) in [6.45, 7) is 2.32.